The molecule has 0 saturated heterocycles. The van der Waals surface area contributed by atoms with Crippen LogP contribution in [0.4, 0.5) is 5.95 Å². The van der Waals surface area contributed by atoms with Gasteiger partial charge in [-0.05, 0) is 12.1 Å². The smallest absolute Gasteiger partial charge is 0.242 e. The van der Waals surface area contributed by atoms with Crippen LogP contribution in [0.5, 0.6) is 0 Å². The maximum Gasteiger partial charge on any atom is 0.242 e. The zero-order chi connectivity index (χ0) is 12.1. The van der Waals surface area contributed by atoms with E-state index in [9.17, 15) is 4.79 Å². The lowest BCUT2D eigenvalue weighted by atomic mass is 10.3. The zero-order valence-electron chi connectivity index (χ0n) is 9.08. The summed E-state index contributed by atoms with van der Waals surface area (Å²) in [7, 11) is 0. The van der Waals surface area contributed by atoms with Gasteiger partial charge in [0.05, 0.1) is 12.2 Å². The fourth-order valence-corrected chi connectivity index (χ4v) is 1.28. The second-order valence-corrected chi connectivity index (χ2v) is 3.40. The van der Waals surface area contributed by atoms with Gasteiger partial charge in [-0.3, -0.25) is 9.78 Å². The number of nitrogens with one attached hydrogen (secondary N) is 1. The minimum atomic E-state index is -0.166. The number of hydrogen-bond donors (Lipinski definition) is 2. The highest BCUT2D eigenvalue weighted by Crippen LogP contribution is 1.93. The third kappa shape index (κ3) is 3.26. The van der Waals surface area contributed by atoms with Crippen molar-refractivity contribution >= 4 is 11.9 Å². The number of anilines is 1. The topological polar surface area (TPSA) is 98.7 Å². The average Bonchev–Trinajstić information content (AvgIpc) is 2.73. The second kappa shape index (κ2) is 5.06. The third-order valence-corrected chi connectivity index (χ3v) is 2.05. The summed E-state index contributed by atoms with van der Waals surface area (Å²) in [5, 5.41) is 6.54. The normalized spacial score (nSPS) is 10.1. The highest BCUT2D eigenvalue weighted by molar-refractivity contribution is 5.75. The van der Waals surface area contributed by atoms with Crippen LogP contribution in [-0.2, 0) is 17.9 Å². The van der Waals surface area contributed by atoms with Gasteiger partial charge in [0.25, 0.3) is 0 Å². The molecule has 17 heavy (non-hydrogen) atoms. The fourth-order valence-electron chi connectivity index (χ4n) is 1.28. The van der Waals surface area contributed by atoms with E-state index < -0.39 is 0 Å². The number of carbonyl (C=O) groups is 1. The van der Waals surface area contributed by atoms with Crippen LogP contribution < -0.4 is 11.1 Å². The van der Waals surface area contributed by atoms with Gasteiger partial charge in [-0.1, -0.05) is 6.07 Å². The van der Waals surface area contributed by atoms with E-state index in [0.29, 0.717) is 6.54 Å². The number of nitrogen functional groups attached to an aromatic ring is 1. The van der Waals surface area contributed by atoms with Crippen LogP contribution in [0.1, 0.15) is 5.69 Å². The number of aromatic nitrogens is 4. The lowest BCUT2D eigenvalue weighted by molar-refractivity contribution is -0.122. The Morgan fingerprint density at radius 2 is 2.29 bits per heavy atom. The number of nitrogens with two attached hydrogens (primary N) is 1. The molecule has 2 heterocycles. The molecule has 88 valence electrons. The predicted molar refractivity (Wildman–Crippen MR) is 60.5 cm³/mol. The summed E-state index contributed by atoms with van der Waals surface area (Å²) in [6, 6.07) is 5.53. The molecule has 1 amide bonds. The summed E-state index contributed by atoms with van der Waals surface area (Å²) in [5.41, 5.74) is 6.14. The van der Waals surface area contributed by atoms with Crippen molar-refractivity contribution in [2.75, 3.05) is 5.73 Å². The fraction of sp³-hybridized carbons (Fsp3) is 0.200. The predicted octanol–water partition coefficient (Wildman–Crippen LogP) is -0.428. The van der Waals surface area contributed by atoms with Gasteiger partial charge < -0.3 is 11.1 Å². The third-order valence-electron chi connectivity index (χ3n) is 2.05. The minimum absolute atomic E-state index is 0.0943. The van der Waals surface area contributed by atoms with E-state index in [4.69, 9.17) is 5.73 Å². The number of carbonyl (C=O) groups excluding carboxylic acids is 1. The molecule has 0 saturated carbocycles. The Labute approximate surface area is 97.7 Å². The molecule has 2 rings (SSSR count). The van der Waals surface area contributed by atoms with Crippen LogP contribution >= 0.6 is 0 Å². The molecular weight excluding hydrogens is 220 g/mol. The van der Waals surface area contributed by atoms with Gasteiger partial charge in [0.15, 0.2) is 0 Å². The molecule has 0 radical (unpaired) electrons. The number of pyridine rings is 1. The standard InChI is InChI=1S/C10H12N6O/c11-10-14-7-16(15-10)6-9(17)13-5-8-3-1-2-4-12-8/h1-4,7H,5-6H2,(H2,11,15)(H,13,17). The van der Waals surface area contributed by atoms with Crippen molar-refractivity contribution < 1.29 is 4.79 Å². The molecule has 3 N–H and O–H groups in total. The molecule has 0 aromatic carbocycles. The van der Waals surface area contributed by atoms with E-state index in [1.54, 1.807) is 6.20 Å². The SMILES string of the molecule is Nc1ncn(CC(=O)NCc2ccccn2)n1. The van der Waals surface area contributed by atoms with Crippen LogP contribution in [0.15, 0.2) is 30.7 Å². The van der Waals surface area contributed by atoms with Gasteiger partial charge in [0, 0.05) is 6.20 Å². The Hall–Kier alpha value is -2.44. The maximum absolute atomic E-state index is 11.5. The Balaban J connectivity index is 1.82. The van der Waals surface area contributed by atoms with Crippen LogP contribution in [0.2, 0.25) is 0 Å². The van der Waals surface area contributed by atoms with E-state index in [-0.39, 0.29) is 18.4 Å². The summed E-state index contributed by atoms with van der Waals surface area (Å²) in [5.74, 6) is -0.0110. The zero-order valence-corrected chi connectivity index (χ0v) is 9.08. The van der Waals surface area contributed by atoms with Crippen molar-refractivity contribution in [1.29, 1.82) is 0 Å². The van der Waals surface area contributed by atoms with Gasteiger partial charge in [-0.2, -0.15) is 0 Å². The van der Waals surface area contributed by atoms with Crippen molar-refractivity contribution in [1.82, 2.24) is 25.1 Å². The summed E-state index contributed by atoms with van der Waals surface area (Å²) < 4.78 is 1.38. The monoisotopic (exact) mass is 232 g/mol. The van der Waals surface area contributed by atoms with Gasteiger partial charge in [0.2, 0.25) is 11.9 Å². The first-order valence-electron chi connectivity index (χ1n) is 5.05. The van der Waals surface area contributed by atoms with E-state index in [0.717, 1.165) is 5.69 Å². The van der Waals surface area contributed by atoms with Crippen molar-refractivity contribution in [3.63, 3.8) is 0 Å². The average molecular weight is 232 g/mol. The molecule has 0 aliphatic carbocycles. The molecular formula is C10H12N6O. The van der Waals surface area contributed by atoms with Gasteiger partial charge >= 0.3 is 0 Å². The Morgan fingerprint density at radius 3 is 2.94 bits per heavy atom. The Morgan fingerprint density at radius 1 is 1.41 bits per heavy atom. The first-order valence-corrected chi connectivity index (χ1v) is 5.05. The van der Waals surface area contributed by atoms with Crippen molar-refractivity contribution in [3.05, 3.63) is 36.4 Å². The van der Waals surface area contributed by atoms with Gasteiger partial charge in [-0.15, -0.1) is 5.10 Å². The number of nitrogens with zero attached hydrogens (tertiary/aromatic N) is 4. The van der Waals surface area contributed by atoms with Crippen molar-refractivity contribution in [2.45, 2.75) is 13.1 Å². The van der Waals surface area contributed by atoms with Crippen molar-refractivity contribution in [3.8, 4) is 0 Å². The first kappa shape index (κ1) is 11.1. The molecule has 0 fully saturated rings. The molecule has 0 spiro atoms. The molecule has 7 heteroatoms. The minimum Gasteiger partial charge on any atom is -0.367 e. The summed E-state index contributed by atoms with van der Waals surface area (Å²) >= 11 is 0. The van der Waals surface area contributed by atoms with Crippen molar-refractivity contribution in [2.24, 2.45) is 0 Å². The van der Waals surface area contributed by atoms with Crippen LogP contribution in [-0.4, -0.2) is 25.7 Å². The lowest BCUT2D eigenvalue weighted by Gasteiger charge is -2.04. The van der Waals surface area contributed by atoms with E-state index in [2.05, 4.69) is 20.4 Å². The molecule has 0 aliphatic heterocycles. The highest BCUT2D eigenvalue weighted by atomic mass is 16.2. The molecule has 0 aliphatic rings. The molecule has 2 aromatic heterocycles. The van der Waals surface area contributed by atoms with Gasteiger partial charge in [-0.25, -0.2) is 9.67 Å². The molecule has 2 aromatic rings. The Bertz CT molecular complexity index is 495. The molecule has 7 nitrogen and oxygen atoms in total. The molecule has 0 bridgehead atoms. The Kier molecular flexibility index (Phi) is 3.29. The number of rotatable bonds is 4. The number of amides is 1. The highest BCUT2D eigenvalue weighted by Gasteiger charge is 2.04. The van der Waals surface area contributed by atoms with E-state index in [1.807, 2.05) is 18.2 Å². The lowest BCUT2D eigenvalue weighted by Crippen LogP contribution is -2.27. The van der Waals surface area contributed by atoms with E-state index >= 15 is 0 Å². The quantitative estimate of drug-likeness (QED) is 0.745. The summed E-state index contributed by atoms with van der Waals surface area (Å²) in [4.78, 5) is 19.3. The number of hydrogen-bond acceptors (Lipinski definition) is 5. The first-order chi connectivity index (χ1) is 8.24. The van der Waals surface area contributed by atoms with E-state index in [1.165, 1.54) is 11.0 Å². The second-order valence-electron chi connectivity index (χ2n) is 3.40. The van der Waals surface area contributed by atoms with Crippen LogP contribution in [0, 0.1) is 0 Å². The summed E-state index contributed by atoms with van der Waals surface area (Å²) in [6.45, 7) is 0.487. The summed E-state index contributed by atoms with van der Waals surface area (Å²) in [6.07, 6.45) is 3.09. The van der Waals surface area contributed by atoms with Crippen LogP contribution in [0.3, 0.4) is 0 Å². The largest absolute Gasteiger partial charge is 0.367 e. The molecule has 0 unspecified atom stereocenters. The van der Waals surface area contributed by atoms with Gasteiger partial charge in [0.1, 0.15) is 12.9 Å². The maximum atomic E-state index is 11.5. The van der Waals surface area contributed by atoms with Crippen LogP contribution in [0.25, 0.3) is 0 Å². The molecule has 0 atom stereocenters.